The lowest BCUT2D eigenvalue weighted by Crippen LogP contribution is -2.15. The minimum Gasteiger partial charge on any atom is -0.465 e. The third-order valence-corrected chi connectivity index (χ3v) is 3.77. The van der Waals surface area contributed by atoms with Gasteiger partial charge >= 0.3 is 5.97 Å². The van der Waals surface area contributed by atoms with Gasteiger partial charge in [0, 0.05) is 11.1 Å². The van der Waals surface area contributed by atoms with Crippen LogP contribution in [0.1, 0.15) is 16.1 Å². The quantitative estimate of drug-likeness (QED) is 0.733. The molecule has 1 heterocycles. The first kappa shape index (κ1) is 16.0. The Bertz CT molecular complexity index is 920. The number of aromatic nitrogens is 1. The SMILES string of the molecule is COC(=O)c1cc(NC(=O)Cc2noc3ccccc23)ccc1Cl. The monoisotopic (exact) mass is 344 g/mol. The summed E-state index contributed by atoms with van der Waals surface area (Å²) in [6, 6.07) is 11.9. The van der Waals surface area contributed by atoms with Crippen LogP contribution in [-0.2, 0) is 16.0 Å². The van der Waals surface area contributed by atoms with E-state index in [-0.39, 0.29) is 22.9 Å². The number of nitrogens with zero attached hydrogens (tertiary/aromatic N) is 1. The van der Waals surface area contributed by atoms with Gasteiger partial charge in [-0.2, -0.15) is 0 Å². The average Bonchev–Trinajstić information content (AvgIpc) is 2.99. The standard InChI is InChI=1S/C17H13ClN2O4/c1-23-17(22)12-8-10(6-7-13(12)18)19-16(21)9-14-11-4-2-3-5-15(11)24-20-14/h2-8H,9H2,1H3,(H,19,21). The van der Waals surface area contributed by atoms with Gasteiger partial charge in [0.15, 0.2) is 5.58 Å². The molecule has 6 nitrogen and oxygen atoms in total. The number of halogens is 1. The number of benzene rings is 2. The number of carbonyl (C=O) groups is 2. The van der Waals surface area contributed by atoms with Crippen LogP contribution < -0.4 is 5.32 Å². The molecule has 0 aliphatic heterocycles. The molecular weight excluding hydrogens is 332 g/mol. The molecule has 3 aromatic rings. The van der Waals surface area contributed by atoms with Crippen molar-refractivity contribution in [1.82, 2.24) is 5.16 Å². The second-order valence-corrected chi connectivity index (χ2v) is 5.44. The molecule has 1 amide bonds. The second-order valence-electron chi connectivity index (χ2n) is 5.04. The molecule has 122 valence electrons. The first-order chi connectivity index (χ1) is 11.6. The van der Waals surface area contributed by atoms with Gasteiger partial charge < -0.3 is 14.6 Å². The maximum Gasteiger partial charge on any atom is 0.339 e. The summed E-state index contributed by atoms with van der Waals surface area (Å²) in [7, 11) is 1.26. The zero-order chi connectivity index (χ0) is 17.1. The molecule has 0 radical (unpaired) electrons. The Hall–Kier alpha value is -2.86. The van der Waals surface area contributed by atoms with Crippen molar-refractivity contribution in [3.8, 4) is 0 Å². The number of rotatable bonds is 4. The molecule has 7 heteroatoms. The summed E-state index contributed by atoms with van der Waals surface area (Å²) in [6.07, 6.45) is 0.0488. The number of amides is 1. The maximum absolute atomic E-state index is 12.2. The molecule has 0 spiro atoms. The summed E-state index contributed by atoms with van der Waals surface area (Å²) in [5, 5.41) is 7.67. The van der Waals surface area contributed by atoms with Gasteiger partial charge in [-0.05, 0) is 30.3 Å². The molecule has 0 aliphatic carbocycles. The molecule has 2 aromatic carbocycles. The fourth-order valence-electron chi connectivity index (χ4n) is 2.29. The van der Waals surface area contributed by atoms with E-state index in [1.165, 1.54) is 19.2 Å². The average molecular weight is 345 g/mol. The van der Waals surface area contributed by atoms with Gasteiger partial charge in [-0.1, -0.05) is 28.9 Å². The highest BCUT2D eigenvalue weighted by Crippen LogP contribution is 2.22. The van der Waals surface area contributed by atoms with E-state index in [1.807, 2.05) is 18.2 Å². The molecule has 0 unspecified atom stereocenters. The van der Waals surface area contributed by atoms with Crippen molar-refractivity contribution in [2.75, 3.05) is 12.4 Å². The Morgan fingerprint density at radius 2 is 2.04 bits per heavy atom. The summed E-state index contributed by atoms with van der Waals surface area (Å²) in [4.78, 5) is 23.9. The van der Waals surface area contributed by atoms with Crippen molar-refractivity contribution < 1.29 is 18.8 Å². The molecule has 0 saturated carbocycles. The van der Waals surface area contributed by atoms with E-state index >= 15 is 0 Å². The molecule has 1 N–H and O–H groups in total. The van der Waals surface area contributed by atoms with Crippen molar-refractivity contribution in [2.24, 2.45) is 0 Å². The highest BCUT2D eigenvalue weighted by molar-refractivity contribution is 6.33. The van der Waals surface area contributed by atoms with Crippen LogP contribution in [0.3, 0.4) is 0 Å². The Kier molecular flexibility index (Phi) is 4.48. The number of esters is 1. The predicted octanol–water partition coefficient (Wildman–Crippen LogP) is 3.45. The Morgan fingerprint density at radius 3 is 2.83 bits per heavy atom. The van der Waals surface area contributed by atoms with Crippen LogP contribution >= 0.6 is 11.6 Å². The zero-order valence-electron chi connectivity index (χ0n) is 12.7. The third kappa shape index (κ3) is 3.23. The number of hydrogen-bond donors (Lipinski definition) is 1. The number of para-hydroxylation sites is 1. The van der Waals surface area contributed by atoms with Crippen molar-refractivity contribution in [3.05, 3.63) is 58.7 Å². The lowest BCUT2D eigenvalue weighted by molar-refractivity contribution is -0.115. The van der Waals surface area contributed by atoms with Gasteiger partial charge in [0.2, 0.25) is 5.91 Å². The maximum atomic E-state index is 12.2. The predicted molar refractivity (Wildman–Crippen MR) is 89.1 cm³/mol. The number of fused-ring (bicyclic) bond motifs is 1. The molecule has 0 aliphatic rings. The summed E-state index contributed by atoms with van der Waals surface area (Å²) in [5.74, 6) is -0.856. The van der Waals surface area contributed by atoms with E-state index in [2.05, 4.69) is 15.2 Å². The summed E-state index contributed by atoms with van der Waals surface area (Å²) < 4.78 is 9.82. The van der Waals surface area contributed by atoms with E-state index in [0.717, 1.165) is 5.39 Å². The zero-order valence-corrected chi connectivity index (χ0v) is 13.5. The summed E-state index contributed by atoms with van der Waals surface area (Å²) in [5.41, 5.74) is 1.80. The third-order valence-electron chi connectivity index (χ3n) is 3.44. The van der Waals surface area contributed by atoms with Gasteiger partial charge in [0.05, 0.1) is 24.1 Å². The Balaban J connectivity index is 1.76. The first-order valence-electron chi connectivity index (χ1n) is 7.09. The molecule has 0 bridgehead atoms. The number of nitrogens with one attached hydrogen (secondary N) is 1. The molecule has 1 aromatic heterocycles. The van der Waals surface area contributed by atoms with Crippen LogP contribution in [-0.4, -0.2) is 24.1 Å². The molecular formula is C17H13ClN2O4. The van der Waals surface area contributed by atoms with Crippen LogP contribution in [0.5, 0.6) is 0 Å². The minimum atomic E-state index is -0.571. The topological polar surface area (TPSA) is 81.4 Å². The lowest BCUT2D eigenvalue weighted by atomic mass is 10.1. The highest BCUT2D eigenvalue weighted by atomic mass is 35.5. The smallest absolute Gasteiger partial charge is 0.339 e. The van der Waals surface area contributed by atoms with Gasteiger partial charge in [0.1, 0.15) is 5.69 Å². The molecule has 24 heavy (non-hydrogen) atoms. The fourth-order valence-corrected chi connectivity index (χ4v) is 2.49. The van der Waals surface area contributed by atoms with Crippen LogP contribution in [0.25, 0.3) is 11.0 Å². The summed E-state index contributed by atoms with van der Waals surface area (Å²) in [6.45, 7) is 0. The van der Waals surface area contributed by atoms with Crippen LogP contribution in [0, 0.1) is 0 Å². The van der Waals surface area contributed by atoms with Crippen molar-refractivity contribution in [3.63, 3.8) is 0 Å². The van der Waals surface area contributed by atoms with Gasteiger partial charge in [0.25, 0.3) is 0 Å². The molecule has 0 atom stereocenters. The van der Waals surface area contributed by atoms with Crippen LogP contribution in [0.4, 0.5) is 5.69 Å². The normalized spacial score (nSPS) is 10.6. The first-order valence-corrected chi connectivity index (χ1v) is 7.47. The van der Waals surface area contributed by atoms with Crippen molar-refractivity contribution in [2.45, 2.75) is 6.42 Å². The Labute approximate surface area is 142 Å². The minimum absolute atomic E-state index is 0.0488. The van der Waals surface area contributed by atoms with E-state index in [9.17, 15) is 9.59 Å². The number of methoxy groups -OCH3 is 1. The van der Waals surface area contributed by atoms with Crippen molar-refractivity contribution in [1.29, 1.82) is 0 Å². The van der Waals surface area contributed by atoms with E-state index in [4.69, 9.17) is 16.1 Å². The van der Waals surface area contributed by atoms with Gasteiger partial charge in [-0.15, -0.1) is 0 Å². The Morgan fingerprint density at radius 1 is 1.25 bits per heavy atom. The largest absolute Gasteiger partial charge is 0.465 e. The van der Waals surface area contributed by atoms with Gasteiger partial charge in [-0.3, -0.25) is 4.79 Å². The number of ether oxygens (including phenoxy) is 1. The lowest BCUT2D eigenvalue weighted by Gasteiger charge is -2.07. The van der Waals surface area contributed by atoms with Crippen LogP contribution in [0.15, 0.2) is 47.0 Å². The van der Waals surface area contributed by atoms with Gasteiger partial charge in [-0.25, -0.2) is 4.79 Å². The molecule has 0 fully saturated rings. The molecule has 0 saturated heterocycles. The van der Waals surface area contributed by atoms with E-state index in [1.54, 1.807) is 12.1 Å². The molecule has 3 rings (SSSR count). The number of anilines is 1. The van der Waals surface area contributed by atoms with E-state index in [0.29, 0.717) is 17.0 Å². The fraction of sp³-hybridized carbons (Fsp3) is 0.118. The van der Waals surface area contributed by atoms with Crippen LogP contribution in [0.2, 0.25) is 5.02 Å². The highest BCUT2D eigenvalue weighted by Gasteiger charge is 2.15. The number of hydrogen-bond acceptors (Lipinski definition) is 5. The number of carbonyl (C=O) groups excluding carboxylic acids is 2. The summed E-state index contributed by atoms with van der Waals surface area (Å²) >= 11 is 5.95. The van der Waals surface area contributed by atoms with Crippen molar-refractivity contribution >= 4 is 40.1 Å². The second kappa shape index (κ2) is 6.72. The van der Waals surface area contributed by atoms with E-state index < -0.39 is 5.97 Å².